The molecule has 0 atom stereocenters. The SMILES string of the molecule is CCCNc1c(F)cc(C(=O)NCCS(N)(=O)=O)cc1F. The predicted molar refractivity (Wildman–Crippen MR) is 75.4 cm³/mol. The zero-order valence-corrected chi connectivity index (χ0v) is 12.3. The number of amides is 1. The number of anilines is 1. The standard InChI is InChI=1S/C12H17F2N3O3S/c1-2-3-16-11-9(13)6-8(7-10(11)14)12(18)17-4-5-21(15,19)20/h6-7,16H,2-5H2,1H3,(H,17,18)(H2,15,19,20). The summed E-state index contributed by atoms with van der Waals surface area (Å²) >= 11 is 0. The van der Waals surface area contributed by atoms with Gasteiger partial charge in [0.2, 0.25) is 10.0 Å². The quantitative estimate of drug-likeness (QED) is 0.691. The Bertz CT molecular complexity index is 597. The van der Waals surface area contributed by atoms with Gasteiger partial charge in [-0.1, -0.05) is 6.92 Å². The second-order valence-corrected chi connectivity index (χ2v) is 6.10. The first-order valence-electron chi connectivity index (χ1n) is 6.26. The van der Waals surface area contributed by atoms with Crippen LogP contribution in [0.25, 0.3) is 0 Å². The van der Waals surface area contributed by atoms with E-state index in [4.69, 9.17) is 5.14 Å². The van der Waals surface area contributed by atoms with Gasteiger partial charge in [0.25, 0.3) is 5.91 Å². The number of hydrogen-bond acceptors (Lipinski definition) is 4. The van der Waals surface area contributed by atoms with Crippen LogP contribution in [0.3, 0.4) is 0 Å². The summed E-state index contributed by atoms with van der Waals surface area (Å²) in [6.07, 6.45) is 0.689. The van der Waals surface area contributed by atoms with E-state index in [-0.39, 0.29) is 17.8 Å². The average molecular weight is 321 g/mol. The molecule has 4 N–H and O–H groups in total. The van der Waals surface area contributed by atoms with Crippen molar-refractivity contribution in [3.05, 3.63) is 29.3 Å². The Morgan fingerprint density at radius 3 is 2.29 bits per heavy atom. The van der Waals surface area contributed by atoms with Crippen LogP contribution in [0.15, 0.2) is 12.1 Å². The summed E-state index contributed by atoms with van der Waals surface area (Å²) in [6.45, 7) is 2.00. The Morgan fingerprint density at radius 1 is 1.24 bits per heavy atom. The number of primary sulfonamides is 1. The Balaban J connectivity index is 2.77. The van der Waals surface area contributed by atoms with Crippen molar-refractivity contribution in [3.63, 3.8) is 0 Å². The first-order chi connectivity index (χ1) is 9.74. The second kappa shape index (κ2) is 7.32. The van der Waals surface area contributed by atoms with Gasteiger partial charge in [0.15, 0.2) is 0 Å². The van der Waals surface area contributed by atoms with Gasteiger partial charge in [-0.2, -0.15) is 0 Å². The molecule has 0 aliphatic carbocycles. The van der Waals surface area contributed by atoms with Crippen molar-refractivity contribution in [3.8, 4) is 0 Å². The van der Waals surface area contributed by atoms with E-state index in [1.165, 1.54) is 0 Å². The molecule has 0 bridgehead atoms. The van der Waals surface area contributed by atoms with Gasteiger partial charge in [-0.15, -0.1) is 0 Å². The molecule has 1 amide bonds. The van der Waals surface area contributed by atoms with E-state index in [1.807, 2.05) is 6.92 Å². The molecule has 0 saturated carbocycles. The molecule has 0 spiro atoms. The molecule has 1 aromatic carbocycles. The molecular weight excluding hydrogens is 304 g/mol. The van der Waals surface area contributed by atoms with E-state index in [0.29, 0.717) is 13.0 Å². The van der Waals surface area contributed by atoms with Crippen LogP contribution in [0.5, 0.6) is 0 Å². The fourth-order valence-corrected chi connectivity index (χ4v) is 1.92. The topological polar surface area (TPSA) is 101 Å². The molecule has 9 heteroatoms. The molecule has 1 aromatic rings. The zero-order valence-electron chi connectivity index (χ0n) is 11.4. The minimum Gasteiger partial charge on any atom is -0.380 e. The van der Waals surface area contributed by atoms with Crippen molar-refractivity contribution in [1.82, 2.24) is 5.32 Å². The van der Waals surface area contributed by atoms with Crippen LogP contribution >= 0.6 is 0 Å². The number of rotatable bonds is 7. The predicted octanol–water partition coefficient (Wildman–Crippen LogP) is 0.805. The highest BCUT2D eigenvalue weighted by Crippen LogP contribution is 2.20. The Kier molecular flexibility index (Phi) is 6.03. The molecule has 0 radical (unpaired) electrons. The fraction of sp³-hybridized carbons (Fsp3) is 0.417. The summed E-state index contributed by atoms with van der Waals surface area (Å²) in [4.78, 5) is 11.7. The van der Waals surface area contributed by atoms with Crippen molar-refractivity contribution >= 4 is 21.6 Å². The van der Waals surface area contributed by atoms with Crippen LogP contribution in [-0.2, 0) is 10.0 Å². The zero-order chi connectivity index (χ0) is 16.0. The van der Waals surface area contributed by atoms with Crippen LogP contribution in [-0.4, -0.2) is 33.2 Å². The van der Waals surface area contributed by atoms with Crippen molar-refractivity contribution in [2.24, 2.45) is 5.14 Å². The number of nitrogens with two attached hydrogens (primary N) is 1. The van der Waals surface area contributed by atoms with Crippen LogP contribution in [0.2, 0.25) is 0 Å². The third-order valence-corrected chi connectivity index (χ3v) is 3.30. The van der Waals surface area contributed by atoms with Gasteiger partial charge in [0.1, 0.15) is 17.3 Å². The monoisotopic (exact) mass is 321 g/mol. The van der Waals surface area contributed by atoms with Crippen LogP contribution < -0.4 is 15.8 Å². The smallest absolute Gasteiger partial charge is 0.251 e. The van der Waals surface area contributed by atoms with Gasteiger partial charge >= 0.3 is 0 Å². The number of halogens is 2. The average Bonchev–Trinajstić information content (AvgIpc) is 2.36. The van der Waals surface area contributed by atoms with Gasteiger partial charge in [0.05, 0.1) is 5.75 Å². The first kappa shape index (κ1) is 17.3. The summed E-state index contributed by atoms with van der Waals surface area (Å²) in [5.74, 6) is -3.02. The molecular formula is C12H17F2N3O3S. The number of carbonyl (C=O) groups excluding carboxylic acids is 1. The van der Waals surface area contributed by atoms with E-state index >= 15 is 0 Å². The van der Waals surface area contributed by atoms with Crippen molar-refractivity contribution in [2.75, 3.05) is 24.2 Å². The minimum atomic E-state index is -3.71. The molecule has 0 saturated heterocycles. The Morgan fingerprint density at radius 2 is 1.81 bits per heavy atom. The van der Waals surface area contributed by atoms with E-state index in [1.54, 1.807) is 0 Å². The Labute approximate surface area is 121 Å². The van der Waals surface area contributed by atoms with Crippen LogP contribution in [0.4, 0.5) is 14.5 Å². The molecule has 0 fully saturated rings. The molecule has 0 heterocycles. The number of carbonyl (C=O) groups is 1. The molecule has 21 heavy (non-hydrogen) atoms. The molecule has 0 aliphatic heterocycles. The maximum absolute atomic E-state index is 13.7. The normalized spacial score (nSPS) is 11.2. The number of sulfonamides is 1. The van der Waals surface area contributed by atoms with Crippen molar-refractivity contribution in [1.29, 1.82) is 0 Å². The van der Waals surface area contributed by atoms with Gasteiger partial charge in [-0.3, -0.25) is 4.79 Å². The van der Waals surface area contributed by atoms with E-state index in [2.05, 4.69) is 10.6 Å². The molecule has 0 aromatic heterocycles. The molecule has 6 nitrogen and oxygen atoms in total. The maximum atomic E-state index is 13.7. The number of hydrogen-bond donors (Lipinski definition) is 3. The summed E-state index contributed by atoms with van der Waals surface area (Å²) in [6, 6.07) is 1.76. The summed E-state index contributed by atoms with van der Waals surface area (Å²) in [5.41, 5.74) is -0.528. The lowest BCUT2D eigenvalue weighted by molar-refractivity contribution is 0.0955. The van der Waals surface area contributed by atoms with E-state index in [9.17, 15) is 22.0 Å². The van der Waals surface area contributed by atoms with E-state index < -0.39 is 33.3 Å². The summed E-state index contributed by atoms with van der Waals surface area (Å²) in [7, 11) is -3.71. The van der Waals surface area contributed by atoms with Gasteiger partial charge in [-0.05, 0) is 18.6 Å². The van der Waals surface area contributed by atoms with Crippen LogP contribution in [0, 0.1) is 11.6 Å². The third kappa shape index (κ3) is 5.64. The van der Waals surface area contributed by atoms with Crippen molar-refractivity contribution < 1.29 is 22.0 Å². The largest absolute Gasteiger partial charge is 0.380 e. The van der Waals surface area contributed by atoms with E-state index in [0.717, 1.165) is 12.1 Å². The Hall–Kier alpha value is -1.74. The molecule has 118 valence electrons. The molecule has 1 rings (SSSR count). The summed E-state index contributed by atoms with van der Waals surface area (Å²) in [5, 5.41) is 9.57. The highest BCUT2D eigenvalue weighted by atomic mass is 32.2. The maximum Gasteiger partial charge on any atom is 0.251 e. The number of benzene rings is 1. The lowest BCUT2D eigenvalue weighted by Crippen LogP contribution is -2.31. The van der Waals surface area contributed by atoms with Gasteiger partial charge in [0, 0.05) is 18.7 Å². The van der Waals surface area contributed by atoms with Gasteiger partial charge in [-0.25, -0.2) is 22.3 Å². The second-order valence-electron chi connectivity index (χ2n) is 4.36. The highest BCUT2D eigenvalue weighted by Gasteiger charge is 2.15. The lowest BCUT2D eigenvalue weighted by Gasteiger charge is -2.10. The van der Waals surface area contributed by atoms with Crippen LogP contribution in [0.1, 0.15) is 23.7 Å². The molecule has 0 unspecified atom stereocenters. The third-order valence-electron chi connectivity index (χ3n) is 2.53. The number of nitrogens with one attached hydrogen (secondary N) is 2. The first-order valence-corrected chi connectivity index (χ1v) is 7.97. The van der Waals surface area contributed by atoms with Crippen molar-refractivity contribution in [2.45, 2.75) is 13.3 Å². The fourth-order valence-electron chi connectivity index (χ4n) is 1.53. The summed E-state index contributed by atoms with van der Waals surface area (Å²) < 4.78 is 48.8. The highest BCUT2D eigenvalue weighted by molar-refractivity contribution is 7.89. The minimum absolute atomic E-state index is 0.235. The van der Waals surface area contributed by atoms with Gasteiger partial charge < -0.3 is 10.6 Å². The molecule has 0 aliphatic rings. The lowest BCUT2D eigenvalue weighted by atomic mass is 10.1.